The number of nitrogens with one attached hydrogen (secondary N) is 1. The van der Waals surface area contributed by atoms with Gasteiger partial charge in [-0.2, -0.15) is 20.1 Å². The number of nitrogens with zero attached hydrogens (tertiary/aromatic N) is 6. The minimum Gasteiger partial charge on any atom is -0.378 e. The number of morpholine rings is 1. The van der Waals surface area contributed by atoms with Crippen LogP contribution in [0.15, 0.2) is 24.5 Å². The molecule has 3 aromatic rings. The summed E-state index contributed by atoms with van der Waals surface area (Å²) in [6.07, 6.45) is 7.47. The molecule has 5 rings (SSSR count). The van der Waals surface area contributed by atoms with Gasteiger partial charge in [0, 0.05) is 24.5 Å². The van der Waals surface area contributed by atoms with Crippen molar-refractivity contribution in [1.82, 2.24) is 25.0 Å². The Morgan fingerprint density at radius 1 is 1.22 bits per heavy atom. The molecule has 4 heterocycles. The van der Waals surface area contributed by atoms with Crippen LogP contribution in [0.1, 0.15) is 31.2 Å². The lowest BCUT2D eigenvalue weighted by Gasteiger charge is -2.30. The molecule has 8 heteroatoms. The summed E-state index contributed by atoms with van der Waals surface area (Å²) in [5.74, 6) is 1.66. The Labute approximate surface area is 156 Å². The lowest BCUT2D eigenvalue weighted by molar-refractivity contribution is 0.122. The highest BCUT2D eigenvalue weighted by molar-refractivity contribution is 5.84. The number of aromatic nitrogens is 5. The average molecular weight is 363 g/mol. The minimum absolute atomic E-state index is 0.454. The predicted molar refractivity (Wildman–Crippen MR) is 99.8 cm³/mol. The predicted octanol–water partition coefficient (Wildman–Crippen LogP) is 2.32. The summed E-state index contributed by atoms with van der Waals surface area (Å²) in [7, 11) is 0. The quantitative estimate of drug-likeness (QED) is 0.767. The van der Waals surface area contributed by atoms with Gasteiger partial charge in [-0.15, -0.1) is 0 Å². The standard InChI is InChI=1S/C19H21N7O/c20-13-19(4-1-2-5-19)15-11-17(25-7-9-27-10-8-25)23-18-14(15)12-22-26(18)16-3-6-21-24-16/h3,6,11-12H,1-2,4-5,7-10H2,(H,21,24). The van der Waals surface area contributed by atoms with Crippen LogP contribution in [-0.2, 0) is 10.2 Å². The third kappa shape index (κ3) is 2.58. The first-order valence-corrected chi connectivity index (χ1v) is 9.44. The van der Waals surface area contributed by atoms with Crippen LogP contribution in [0.5, 0.6) is 0 Å². The van der Waals surface area contributed by atoms with Crippen LogP contribution < -0.4 is 4.90 Å². The Morgan fingerprint density at radius 3 is 2.74 bits per heavy atom. The molecule has 0 radical (unpaired) electrons. The van der Waals surface area contributed by atoms with Gasteiger partial charge >= 0.3 is 0 Å². The van der Waals surface area contributed by atoms with Gasteiger partial charge < -0.3 is 9.64 Å². The fourth-order valence-electron chi connectivity index (χ4n) is 4.30. The van der Waals surface area contributed by atoms with Crippen molar-refractivity contribution in [2.45, 2.75) is 31.1 Å². The largest absolute Gasteiger partial charge is 0.378 e. The van der Waals surface area contributed by atoms with Crippen molar-refractivity contribution in [2.75, 3.05) is 31.2 Å². The summed E-state index contributed by atoms with van der Waals surface area (Å²) in [6.45, 7) is 2.99. The van der Waals surface area contributed by atoms with Crippen LogP contribution in [-0.4, -0.2) is 51.3 Å². The SMILES string of the molecule is N#CC1(c2cc(N3CCOCC3)nc3c2cnn3-c2ccn[nH]2)CCCC1. The maximum Gasteiger partial charge on any atom is 0.167 e. The Kier molecular flexibility index (Phi) is 3.83. The zero-order valence-corrected chi connectivity index (χ0v) is 15.1. The molecule has 0 amide bonds. The van der Waals surface area contributed by atoms with Crippen LogP contribution in [0, 0.1) is 11.3 Å². The maximum absolute atomic E-state index is 10.1. The Bertz CT molecular complexity index is 989. The van der Waals surface area contributed by atoms with E-state index in [4.69, 9.17) is 9.72 Å². The number of ether oxygens (including phenoxy) is 1. The summed E-state index contributed by atoms with van der Waals surface area (Å²) in [6, 6.07) is 6.61. The van der Waals surface area contributed by atoms with Crippen molar-refractivity contribution in [3.8, 4) is 11.9 Å². The van der Waals surface area contributed by atoms with E-state index >= 15 is 0 Å². The van der Waals surface area contributed by atoms with Crippen LogP contribution >= 0.6 is 0 Å². The van der Waals surface area contributed by atoms with Gasteiger partial charge in [0.1, 0.15) is 5.82 Å². The molecule has 1 saturated heterocycles. The van der Waals surface area contributed by atoms with Crippen molar-refractivity contribution >= 4 is 16.9 Å². The Hall–Kier alpha value is -2.92. The molecule has 2 fully saturated rings. The molecule has 138 valence electrons. The molecule has 2 aliphatic rings. The van der Waals surface area contributed by atoms with Crippen molar-refractivity contribution in [1.29, 1.82) is 5.26 Å². The fraction of sp³-hybridized carbons (Fsp3) is 0.474. The van der Waals surface area contributed by atoms with E-state index in [1.807, 2.05) is 12.3 Å². The van der Waals surface area contributed by atoms with E-state index in [1.165, 1.54) is 0 Å². The summed E-state index contributed by atoms with van der Waals surface area (Å²) >= 11 is 0. The topological polar surface area (TPSA) is 95.7 Å². The van der Waals surface area contributed by atoms with Gasteiger partial charge in [-0.25, -0.2) is 4.98 Å². The molecule has 0 unspecified atom stereocenters. The number of rotatable bonds is 3. The van der Waals surface area contributed by atoms with Gasteiger partial charge in [0.2, 0.25) is 0 Å². The molecule has 3 aromatic heterocycles. The lowest BCUT2D eigenvalue weighted by Crippen LogP contribution is -2.37. The smallest absolute Gasteiger partial charge is 0.167 e. The number of nitriles is 1. The average Bonchev–Trinajstić information content (AvgIpc) is 3.48. The molecule has 0 atom stereocenters. The zero-order chi connectivity index (χ0) is 18.3. The molecule has 1 N–H and O–H groups in total. The van der Waals surface area contributed by atoms with Gasteiger partial charge in [-0.3, -0.25) is 5.10 Å². The number of hydrogen-bond donors (Lipinski definition) is 1. The van der Waals surface area contributed by atoms with Crippen LogP contribution in [0.3, 0.4) is 0 Å². The van der Waals surface area contributed by atoms with Gasteiger partial charge in [-0.05, 0) is 24.5 Å². The van der Waals surface area contributed by atoms with Crippen molar-refractivity contribution < 1.29 is 4.74 Å². The molecule has 8 nitrogen and oxygen atoms in total. The number of fused-ring (bicyclic) bond motifs is 1. The van der Waals surface area contributed by atoms with Crippen molar-refractivity contribution in [3.05, 3.63) is 30.1 Å². The maximum atomic E-state index is 10.1. The molecule has 0 bridgehead atoms. The van der Waals surface area contributed by atoms with E-state index in [1.54, 1.807) is 10.9 Å². The molecule has 1 aliphatic carbocycles. The van der Waals surface area contributed by atoms with Crippen molar-refractivity contribution in [3.63, 3.8) is 0 Å². The monoisotopic (exact) mass is 363 g/mol. The number of anilines is 1. The number of H-pyrrole nitrogens is 1. The minimum atomic E-state index is -0.454. The molecule has 27 heavy (non-hydrogen) atoms. The van der Waals surface area contributed by atoms with Gasteiger partial charge in [0.15, 0.2) is 11.5 Å². The first kappa shape index (κ1) is 16.3. The summed E-state index contributed by atoms with van der Waals surface area (Å²) in [5, 5.41) is 22.6. The highest BCUT2D eigenvalue weighted by Crippen LogP contribution is 2.44. The van der Waals surface area contributed by atoms with E-state index in [9.17, 15) is 5.26 Å². The van der Waals surface area contributed by atoms with E-state index in [-0.39, 0.29) is 0 Å². The van der Waals surface area contributed by atoms with E-state index in [0.717, 1.165) is 67.0 Å². The number of hydrogen-bond acceptors (Lipinski definition) is 6. The van der Waals surface area contributed by atoms with E-state index in [0.29, 0.717) is 13.2 Å². The highest BCUT2D eigenvalue weighted by atomic mass is 16.5. The number of pyridine rings is 1. The van der Waals surface area contributed by atoms with Crippen molar-refractivity contribution in [2.24, 2.45) is 0 Å². The lowest BCUT2D eigenvalue weighted by atomic mass is 9.79. The fourth-order valence-corrected chi connectivity index (χ4v) is 4.30. The molecule has 0 aromatic carbocycles. The van der Waals surface area contributed by atoms with Gasteiger partial charge in [0.05, 0.1) is 37.1 Å². The van der Waals surface area contributed by atoms with Crippen LogP contribution in [0.2, 0.25) is 0 Å². The summed E-state index contributed by atoms with van der Waals surface area (Å²) in [5.41, 5.74) is 1.36. The first-order valence-electron chi connectivity index (χ1n) is 9.44. The third-order valence-corrected chi connectivity index (χ3v) is 5.76. The molecule has 0 spiro atoms. The summed E-state index contributed by atoms with van der Waals surface area (Å²) in [4.78, 5) is 7.16. The van der Waals surface area contributed by atoms with Gasteiger partial charge in [0.25, 0.3) is 0 Å². The molecular weight excluding hydrogens is 342 g/mol. The normalized spacial score (nSPS) is 19.4. The molecule has 1 aliphatic heterocycles. The zero-order valence-electron chi connectivity index (χ0n) is 15.1. The Balaban J connectivity index is 1.74. The highest BCUT2D eigenvalue weighted by Gasteiger charge is 2.38. The third-order valence-electron chi connectivity index (χ3n) is 5.76. The van der Waals surface area contributed by atoms with E-state index in [2.05, 4.69) is 32.3 Å². The van der Waals surface area contributed by atoms with Crippen LogP contribution in [0.25, 0.3) is 16.9 Å². The number of aromatic amines is 1. The second kappa shape index (κ2) is 6.35. The second-order valence-electron chi connectivity index (χ2n) is 7.26. The van der Waals surface area contributed by atoms with E-state index < -0.39 is 5.41 Å². The second-order valence-corrected chi connectivity index (χ2v) is 7.26. The molecular formula is C19H21N7O. The van der Waals surface area contributed by atoms with Crippen LogP contribution in [0.4, 0.5) is 5.82 Å². The molecule has 1 saturated carbocycles. The summed E-state index contributed by atoms with van der Waals surface area (Å²) < 4.78 is 7.27. The first-order chi connectivity index (χ1) is 13.3. The Morgan fingerprint density at radius 2 is 2.04 bits per heavy atom. The van der Waals surface area contributed by atoms with Gasteiger partial charge in [-0.1, -0.05) is 12.8 Å².